The summed E-state index contributed by atoms with van der Waals surface area (Å²) >= 11 is 0. The van der Waals surface area contributed by atoms with Crippen LogP contribution in [0, 0.1) is 6.92 Å². The number of aromatic hydroxyl groups is 1. The fourth-order valence-electron chi connectivity index (χ4n) is 4.37. The Balaban J connectivity index is 1.28. The molecule has 0 spiro atoms. The molecule has 0 aliphatic carbocycles. The van der Waals surface area contributed by atoms with Crippen LogP contribution in [0.4, 0.5) is 11.5 Å². The van der Waals surface area contributed by atoms with Gasteiger partial charge in [-0.05, 0) is 62.2 Å². The Bertz CT molecular complexity index is 864. The lowest BCUT2D eigenvalue weighted by Crippen LogP contribution is -2.48. The summed E-state index contributed by atoms with van der Waals surface area (Å²) in [6.45, 7) is 9.86. The minimum Gasteiger partial charge on any atom is -0.508 e. The molecule has 2 aromatic rings. The van der Waals surface area contributed by atoms with E-state index in [9.17, 15) is 9.90 Å². The fourth-order valence-corrected chi connectivity index (χ4v) is 4.37. The second kappa shape index (κ2) is 8.92. The number of hydrogen-bond acceptors (Lipinski definition) is 6. The van der Waals surface area contributed by atoms with Gasteiger partial charge in [0, 0.05) is 45.5 Å². The maximum absolute atomic E-state index is 12.6. The molecule has 2 saturated heterocycles. The molecule has 30 heavy (non-hydrogen) atoms. The van der Waals surface area contributed by atoms with Gasteiger partial charge in [0.05, 0.1) is 18.2 Å². The molecule has 0 radical (unpaired) electrons. The van der Waals surface area contributed by atoms with Crippen LogP contribution in [-0.4, -0.2) is 71.2 Å². The highest BCUT2D eigenvalue weighted by atomic mass is 16.3. The molecule has 2 aliphatic rings. The Labute approximate surface area is 178 Å². The highest BCUT2D eigenvalue weighted by molar-refractivity contribution is 5.82. The normalized spacial score (nSPS) is 20.3. The first kappa shape index (κ1) is 20.5. The van der Waals surface area contributed by atoms with Crippen molar-refractivity contribution in [3.8, 4) is 5.75 Å². The van der Waals surface area contributed by atoms with Crippen LogP contribution in [0.1, 0.15) is 25.3 Å². The lowest BCUT2D eigenvalue weighted by Gasteiger charge is -2.36. The fraction of sp³-hybridized carbons (Fsp3) is 0.478. The molecular formula is C23H31N5O2. The van der Waals surface area contributed by atoms with Gasteiger partial charge in [0.15, 0.2) is 0 Å². The van der Waals surface area contributed by atoms with Crippen LogP contribution in [0.5, 0.6) is 5.75 Å². The first-order valence-electron chi connectivity index (χ1n) is 10.8. The van der Waals surface area contributed by atoms with Gasteiger partial charge in [-0.2, -0.15) is 0 Å². The maximum Gasteiger partial charge on any atom is 0.243 e. The van der Waals surface area contributed by atoms with Crippen molar-refractivity contribution in [1.82, 2.24) is 14.9 Å². The molecular weight excluding hydrogens is 378 g/mol. The van der Waals surface area contributed by atoms with Crippen molar-refractivity contribution in [3.05, 3.63) is 48.2 Å². The number of nitrogens with zero attached hydrogens (tertiary/aromatic N) is 5. The van der Waals surface area contributed by atoms with E-state index in [1.165, 1.54) is 5.56 Å². The number of piperazine rings is 1. The predicted octanol–water partition coefficient (Wildman–Crippen LogP) is 2.65. The zero-order valence-electron chi connectivity index (χ0n) is 17.9. The van der Waals surface area contributed by atoms with Crippen LogP contribution in [0.2, 0.25) is 0 Å². The van der Waals surface area contributed by atoms with Crippen molar-refractivity contribution in [2.45, 2.75) is 32.7 Å². The molecule has 0 bridgehead atoms. The summed E-state index contributed by atoms with van der Waals surface area (Å²) in [4.78, 5) is 21.9. The van der Waals surface area contributed by atoms with E-state index in [2.05, 4.69) is 39.7 Å². The van der Waals surface area contributed by atoms with Crippen LogP contribution < -0.4 is 9.91 Å². The van der Waals surface area contributed by atoms with E-state index < -0.39 is 0 Å². The first-order valence-corrected chi connectivity index (χ1v) is 10.8. The number of carbonyl (C=O) groups is 1. The third-order valence-electron chi connectivity index (χ3n) is 5.99. The predicted molar refractivity (Wildman–Crippen MR) is 119 cm³/mol. The molecule has 160 valence electrons. The number of pyridine rings is 1. The number of phenols is 1. The summed E-state index contributed by atoms with van der Waals surface area (Å²) in [6.07, 6.45) is 3.35. The third kappa shape index (κ3) is 4.51. The lowest BCUT2D eigenvalue weighted by molar-refractivity contribution is -0.128. The SMILES string of the molecule is Cc1ccnc(N2CCN(CCCN3C(=O)CC(C)N3c3ccc(O)cc3)CC2)c1. The molecule has 0 saturated carbocycles. The highest BCUT2D eigenvalue weighted by Crippen LogP contribution is 2.29. The van der Waals surface area contributed by atoms with Crippen molar-refractivity contribution in [1.29, 1.82) is 0 Å². The molecule has 2 aliphatic heterocycles. The monoisotopic (exact) mass is 409 g/mol. The molecule has 7 nitrogen and oxygen atoms in total. The average molecular weight is 410 g/mol. The van der Waals surface area contributed by atoms with Crippen molar-refractivity contribution in [3.63, 3.8) is 0 Å². The number of aryl methyl sites for hydroxylation is 1. The number of anilines is 2. The van der Waals surface area contributed by atoms with E-state index in [1.807, 2.05) is 29.4 Å². The summed E-state index contributed by atoms with van der Waals surface area (Å²) in [6, 6.07) is 11.4. The van der Waals surface area contributed by atoms with Gasteiger partial charge in [-0.1, -0.05) is 0 Å². The van der Waals surface area contributed by atoms with Gasteiger partial charge in [0.2, 0.25) is 5.91 Å². The van der Waals surface area contributed by atoms with Crippen molar-refractivity contribution < 1.29 is 9.90 Å². The Morgan fingerprint density at radius 2 is 1.80 bits per heavy atom. The topological polar surface area (TPSA) is 63.2 Å². The largest absolute Gasteiger partial charge is 0.508 e. The van der Waals surface area contributed by atoms with E-state index in [0.29, 0.717) is 13.0 Å². The van der Waals surface area contributed by atoms with E-state index in [1.54, 1.807) is 12.1 Å². The number of carbonyl (C=O) groups excluding carboxylic acids is 1. The van der Waals surface area contributed by atoms with Gasteiger partial charge in [0.1, 0.15) is 11.6 Å². The van der Waals surface area contributed by atoms with E-state index in [0.717, 1.165) is 50.6 Å². The summed E-state index contributed by atoms with van der Waals surface area (Å²) in [5.74, 6) is 1.48. The second-order valence-electron chi connectivity index (χ2n) is 8.30. The smallest absolute Gasteiger partial charge is 0.243 e. The average Bonchev–Trinajstić information content (AvgIpc) is 3.02. The van der Waals surface area contributed by atoms with Crippen molar-refractivity contribution >= 4 is 17.4 Å². The van der Waals surface area contributed by atoms with Gasteiger partial charge < -0.3 is 10.0 Å². The van der Waals surface area contributed by atoms with E-state index >= 15 is 0 Å². The van der Waals surface area contributed by atoms with Gasteiger partial charge in [-0.25, -0.2) is 4.98 Å². The number of phenolic OH excluding ortho intramolecular Hbond substituents is 1. The molecule has 1 amide bonds. The Kier molecular flexibility index (Phi) is 6.08. The molecule has 4 rings (SSSR count). The lowest BCUT2D eigenvalue weighted by atomic mass is 10.2. The van der Waals surface area contributed by atoms with Gasteiger partial charge >= 0.3 is 0 Å². The number of amides is 1. The zero-order chi connectivity index (χ0) is 21.1. The Morgan fingerprint density at radius 1 is 1.07 bits per heavy atom. The molecule has 2 fully saturated rings. The molecule has 3 heterocycles. The number of hydrogen-bond donors (Lipinski definition) is 1. The van der Waals surface area contributed by atoms with Gasteiger partial charge in [-0.15, -0.1) is 0 Å². The van der Waals surface area contributed by atoms with Crippen molar-refractivity contribution in [2.75, 3.05) is 49.2 Å². The summed E-state index contributed by atoms with van der Waals surface area (Å²) in [7, 11) is 0. The second-order valence-corrected chi connectivity index (χ2v) is 8.30. The van der Waals surface area contributed by atoms with Crippen molar-refractivity contribution in [2.24, 2.45) is 0 Å². The van der Waals surface area contributed by atoms with Crippen LogP contribution in [0.25, 0.3) is 0 Å². The summed E-state index contributed by atoms with van der Waals surface area (Å²) < 4.78 is 0. The molecule has 1 aromatic heterocycles. The number of hydrazine groups is 1. The van der Waals surface area contributed by atoms with Gasteiger partial charge in [-0.3, -0.25) is 19.7 Å². The molecule has 1 unspecified atom stereocenters. The van der Waals surface area contributed by atoms with E-state index in [4.69, 9.17) is 0 Å². The van der Waals surface area contributed by atoms with Gasteiger partial charge in [0.25, 0.3) is 0 Å². The summed E-state index contributed by atoms with van der Waals surface area (Å²) in [5, 5.41) is 13.5. The Hall–Kier alpha value is -2.80. The quantitative estimate of drug-likeness (QED) is 0.791. The van der Waals surface area contributed by atoms with Crippen LogP contribution >= 0.6 is 0 Å². The van der Waals surface area contributed by atoms with Crippen LogP contribution in [-0.2, 0) is 4.79 Å². The van der Waals surface area contributed by atoms with Crippen LogP contribution in [0.15, 0.2) is 42.6 Å². The zero-order valence-corrected chi connectivity index (χ0v) is 17.9. The molecule has 1 aromatic carbocycles. The van der Waals surface area contributed by atoms with E-state index in [-0.39, 0.29) is 17.7 Å². The minimum atomic E-state index is 0.132. The summed E-state index contributed by atoms with van der Waals surface area (Å²) in [5.41, 5.74) is 2.19. The molecule has 1 N–H and O–H groups in total. The first-order chi connectivity index (χ1) is 14.5. The minimum absolute atomic E-state index is 0.132. The van der Waals surface area contributed by atoms with Crippen LogP contribution in [0.3, 0.4) is 0 Å². The third-order valence-corrected chi connectivity index (χ3v) is 5.99. The number of benzene rings is 1. The number of aromatic nitrogens is 1. The standard InChI is InChI=1S/C23H31N5O2/c1-18-8-9-24-22(16-18)26-14-12-25(13-15-26)10-3-11-27-23(30)17-19(2)28(27)20-4-6-21(29)7-5-20/h4-9,16,19,29H,3,10-15,17H2,1-2H3. The molecule has 7 heteroatoms. The highest BCUT2D eigenvalue weighted by Gasteiger charge is 2.35. The molecule has 1 atom stereocenters. The Morgan fingerprint density at radius 3 is 2.50 bits per heavy atom. The maximum atomic E-state index is 12.6. The number of rotatable bonds is 6.